The van der Waals surface area contributed by atoms with Crippen LogP contribution in [0.15, 0.2) is 33.7 Å². The standard InChI is InChI=1S/C14H18N2O5S/c1-10-9-15-14(21-10)6-7-16-22(17,18)13-5-4-11(19-2)8-12(13)20-3/h4-5,8-9,16H,6-7H2,1-3H3. The third-order valence-electron chi connectivity index (χ3n) is 2.96. The van der Waals surface area contributed by atoms with Crippen LogP contribution in [0.4, 0.5) is 0 Å². The zero-order chi connectivity index (χ0) is 16.2. The van der Waals surface area contributed by atoms with E-state index >= 15 is 0 Å². The highest BCUT2D eigenvalue weighted by atomic mass is 32.2. The van der Waals surface area contributed by atoms with Gasteiger partial charge >= 0.3 is 0 Å². The molecule has 0 unspecified atom stereocenters. The van der Waals surface area contributed by atoms with E-state index in [1.165, 1.54) is 26.4 Å². The first kappa shape index (κ1) is 16.3. The summed E-state index contributed by atoms with van der Waals surface area (Å²) in [5, 5.41) is 0. The number of aryl methyl sites for hydroxylation is 1. The van der Waals surface area contributed by atoms with E-state index in [1.807, 2.05) is 0 Å². The van der Waals surface area contributed by atoms with E-state index in [1.54, 1.807) is 19.2 Å². The van der Waals surface area contributed by atoms with Gasteiger partial charge in [-0.25, -0.2) is 18.1 Å². The average Bonchev–Trinajstić information content (AvgIpc) is 2.91. The van der Waals surface area contributed by atoms with Crippen molar-refractivity contribution in [1.29, 1.82) is 0 Å². The van der Waals surface area contributed by atoms with Crippen LogP contribution in [0, 0.1) is 6.92 Å². The number of benzene rings is 1. The normalized spacial score (nSPS) is 11.4. The molecule has 0 saturated carbocycles. The number of sulfonamides is 1. The monoisotopic (exact) mass is 326 g/mol. The Labute approximate surface area is 129 Å². The highest BCUT2D eigenvalue weighted by Crippen LogP contribution is 2.28. The van der Waals surface area contributed by atoms with Crippen LogP contribution in [-0.4, -0.2) is 34.2 Å². The zero-order valence-electron chi connectivity index (χ0n) is 12.6. The molecule has 1 aromatic carbocycles. The van der Waals surface area contributed by atoms with Crippen LogP contribution < -0.4 is 14.2 Å². The summed E-state index contributed by atoms with van der Waals surface area (Å²) in [5.41, 5.74) is 0. The first-order valence-electron chi connectivity index (χ1n) is 6.59. The molecule has 1 aromatic heterocycles. The van der Waals surface area contributed by atoms with Gasteiger partial charge in [-0.15, -0.1) is 0 Å². The minimum absolute atomic E-state index is 0.0550. The van der Waals surface area contributed by atoms with E-state index in [4.69, 9.17) is 13.9 Å². The van der Waals surface area contributed by atoms with Gasteiger partial charge in [0.2, 0.25) is 10.0 Å². The molecule has 1 heterocycles. The lowest BCUT2D eigenvalue weighted by Gasteiger charge is -2.11. The number of methoxy groups -OCH3 is 2. The Kier molecular flexibility index (Phi) is 5.04. The van der Waals surface area contributed by atoms with Crippen molar-refractivity contribution in [3.05, 3.63) is 36.0 Å². The maximum atomic E-state index is 12.3. The van der Waals surface area contributed by atoms with Crippen molar-refractivity contribution in [2.45, 2.75) is 18.2 Å². The molecule has 0 spiro atoms. The van der Waals surface area contributed by atoms with Gasteiger partial charge in [0, 0.05) is 19.0 Å². The molecule has 0 fully saturated rings. The molecule has 2 rings (SSSR count). The summed E-state index contributed by atoms with van der Waals surface area (Å²) in [6, 6.07) is 4.52. The topological polar surface area (TPSA) is 90.7 Å². The lowest BCUT2D eigenvalue weighted by Crippen LogP contribution is -2.26. The van der Waals surface area contributed by atoms with Crippen molar-refractivity contribution < 1.29 is 22.3 Å². The van der Waals surface area contributed by atoms with Gasteiger partial charge in [0.1, 0.15) is 22.2 Å². The number of aromatic nitrogens is 1. The van der Waals surface area contributed by atoms with Crippen molar-refractivity contribution >= 4 is 10.0 Å². The van der Waals surface area contributed by atoms with Crippen molar-refractivity contribution in [1.82, 2.24) is 9.71 Å². The number of ether oxygens (including phenoxy) is 2. The molecular formula is C14H18N2O5S. The van der Waals surface area contributed by atoms with E-state index in [2.05, 4.69) is 9.71 Å². The molecule has 8 heteroatoms. The second-order valence-corrected chi connectivity index (χ2v) is 6.26. The van der Waals surface area contributed by atoms with E-state index in [0.29, 0.717) is 23.8 Å². The summed E-state index contributed by atoms with van der Waals surface area (Å²) < 4.78 is 42.6. The molecule has 0 aliphatic heterocycles. The fraction of sp³-hybridized carbons (Fsp3) is 0.357. The number of hydrogen-bond acceptors (Lipinski definition) is 6. The Bertz CT molecular complexity index is 739. The van der Waals surface area contributed by atoms with Crippen LogP contribution in [0.3, 0.4) is 0 Å². The molecule has 0 bridgehead atoms. The molecule has 0 saturated heterocycles. The highest BCUT2D eigenvalue weighted by molar-refractivity contribution is 7.89. The van der Waals surface area contributed by atoms with Gasteiger partial charge in [-0.2, -0.15) is 0 Å². The third-order valence-corrected chi connectivity index (χ3v) is 4.46. The van der Waals surface area contributed by atoms with Crippen LogP contribution >= 0.6 is 0 Å². The molecule has 0 atom stereocenters. The minimum atomic E-state index is -3.69. The largest absolute Gasteiger partial charge is 0.497 e. The Morgan fingerprint density at radius 2 is 2.05 bits per heavy atom. The molecule has 120 valence electrons. The molecule has 0 aliphatic rings. The van der Waals surface area contributed by atoms with Gasteiger partial charge in [0.15, 0.2) is 5.89 Å². The summed E-state index contributed by atoms with van der Waals surface area (Å²) in [4.78, 5) is 4.08. The van der Waals surface area contributed by atoms with Gasteiger partial charge in [-0.05, 0) is 19.1 Å². The van der Waals surface area contributed by atoms with Crippen molar-refractivity contribution in [2.75, 3.05) is 20.8 Å². The molecule has 22 heavy (non-hydrogen) atoms. The lowest BCUT2D eigenvalue weighted by atomic mass is 10.3. The second-order valence-electron chi connectivity index (χ2n) is 4.53. The number of rotatable bonds is 7. The third kappa shape index (κ3) is 3.77. The zero-order valence-corrected chi connectivity index (χ0v) is 13.4. The van der Waals surface area contributed by atoms with Crippen LogP contribution in [-0.2, 0) is 16.4 Å². The van der Waals surface area contributed by atoms with Crippen LogP contribution in [0.25, 0.3) is 0 Å². The Balaban J connectivity index is 2.09. The molecule has 0 aliphatic carbocycles. The second kappa shape index (κ2) is 6.80. The van der Waals surface area contributed by atoms with Crippen molar-refractivity contribution in [3.8, 4) is 11.5 Å². The molecule has 7 nitrogen and oxygen atoms in total. The van der Waals surface area contributed by atoms with Gasteiger partial charge in [0.25, 0.3) is 0 Å². The average molecular weight is 326 g/mol. The lowest BCUT2D eigenvalue weighted by molar-refractivity contribution is 0.386. The minimum Gasteiger partial charge on any atom is -0.497 e. The van der Waals surface area contributed by atoms with Crippen LogP contribution in [0.2, 0.25) is 0 Å². The first-order valence-corrected chi connectivity index (χ1v) is 8.07. The van der Waals surface area contributed by atoms with E-state index in [9.17, 15) is 8.42 Å². The molecule has 2 aromatic rings. The van der Waals surface area contributed by atoms with Crippen LogP contribution in [0.5, 0.6) is 11.5 Å². The smallest absolute Gasteiger partial charge is 0.244 e. The molecule has 0 radical (unpaired) electrons. The molecular weight excluding hydrogens is 308 g/mol. The fourth-order valence-electron chi connectivity index (χ4n) is 1.88. The number of oxazole rings is 1. The summed E-state index contributed by atoms with van der Waals surface area (Å²) in [6.45, 7) is 1.96. The number of hydrogen-bond donors (Lipinski definition) is 1. The predicted molar refractivity (Wildman–Crippen MR) is 79.7 cm³/mol. The maximum absolute atomic E-state index is 12.3. The van der Waals surface area contributed by atoms with E-state index in [0.717, 1.165) is 0 Å². The fourth-order valence-corrected chi connectivity index (χ4v) is 3.06. The Hall–Kier alpha value is -2.06. The van der Waals surface area contributed by atoms with Crippen LogP contribution in [0.1, 0.15) is 11.7 Å². The predicted octanol–water partition coefficient (Wildman–Crippen LogP) is 1.52. The van der Waals surface area contributed by atoms with Gasteiger partial charge in [0.05, 0.1) is 20.4 Å². The number of nitrogens with one attached hydrogen (secondary N) is 1. The van der Waals surface area contributed by atoms with E-state index in [-0.39, 0.29) is 17.2 Å². The maximum Gasteiger partial charge on any atom is 0.244 e. The first-order chi connectivity index (χ1) is 10.5. The Morgan fingerprint density at radius 1 is 1.27 bits per heavy atom. The summed E-state index contributed by atoms with van der Waals surface area (Å²) in [5.74, 6) is 1.92. The van der Waals surface area contributed by atoms with Gasteiger partial charge in [-0.3, -0.25) is 0 Å². The number of nitrogens with zero attached hydrogens (tertiary/aromatic N) is 1. The summed E-state index contributed by atoms with van der Waals surface area (Å²) in [6.07, 6.45) is 1.96. The highest BCUT2D eigenvalue weighted by Gasteiger charge is 2.20. The summed E-state index contributed by atoms with van der Waals surface area (Å²) >= 11 is 0. The molecule has 1 N–H and O–H groups in total. The van der Waals surface area contributed by atoms with Crippen molar-refractivity contribution in [3.63, 3.8) is 0 Å². The van der Waals surface area contributed by atoms with Gasteiger partial charge in [-0.1, -0.05) is 0 Å². The molecule has 0 amide bonds. The van der Waals surface area contributed by atoms with E-state index < -0.39 is 10.0 Å². The van der Waals surface area contributed by atoms with Gasteiger partial charge < -0.3 is 13.9 Å². The SMILES string of the molecule is COc1ccc(S(=O)(=O)NCCc2ncc(C)o2)c(OC)c1. The Morgan fingerprint density at radius 3 is 2.64 bits per heavy atom. The summed E-state index contributed by atoms with van der Waals surface area (Å²) in [7, 11) is -0.786. The quantitative estimate of drug-likeness (QED) is 0.829. The van der Waals surface area contributed by atoms with Crippen molar-refractivity contribution in [2.24, 2.45) is 0 Å².